The fourth-order valence-electron chi connectivity index (χ4n) is 5.37. The molecule has 0 nitrogen and oxygen atoms in total. The summed E-state index contributed by atoms with van der Waals surface area (Å²) in [4.78, 5) is 0. The van der Waals surface area contributed by atoms with Crippen LogP contribution in [0.4, 0.5) is 0 Å². The van der Waals surface area contributed by atoms with Crippen molar-refractivity contribution >= 4 is 10.8 Å². The largest absolute Gasteiger partial charge is 0.0622 e. The van der Waals surface area contributed by atoms with Gasteiger partial charge in [-0.15, -0.1) is 0 Å². The van der Waals surface area contributed by atoms with Crippen molar-refractivity contribution in [2.45, 2.75) is 0 Å². The van der Waals surface area contributed by atoms with Crippen molar-refractivity contribution in [1.29, 1.82) is 0 Å². The predicted octanol–water partition coefficient (Wildman–Crippen LogP) is 9.49. The maximum absolute atomic E-state index is 2.37. The van der Waals surface area contributed by atoms with E-state index in [2.05, 4.69) is 133 Å². The van der Waals surface area contributed by atoms with Crippen molar-refractivity contribution in [3.8, 4) is 55.6 Å². The Balaban J connectivity index is 1.36. The van der Waals surface area contributed by atoms with E-state index < -0.39 is 0 Å². The Morgan fingerprint density at radius 2 is 0.765 bits per heavy atom. The van der Waals surface area contributed by atoms with Crippen LogP contribution in [-0.2, 0) is 0 Å². The molecule has 0 N–H and O–H groups in total. The van der Waals surface area contributed by atoms with Gasteiger partial charge in [0.1, 0.15) is 0 Å². The van der Waals surface area contributed by atoms with Crippen molar-refractivity contribution in [2.75, 3.05) is 0 Å². The molecule has 1 aliphatic rings. The lowest BCUT2D eigenvalue weighted by Crippen LogP contribution is -1.85. The van der Waals surface area contributed by atoms with Gasteiger partial charge in [0.05, 0.1) is 0 Å². The molecule has 0 heterocycles. The Bertz CT molecular complexity index is 1690. The molecular weight excluding hydrogens is 408 g/mol. The Labute approximate surface area is 199 Å². The Kier molecular flexibility index (Phi) is 4.25. The second-order valence-electron chi connectivity index (χ2n) is 9.00. The molecule has 0 amide bonds. The summed E-state index contributed by atoms with van der Waals surface area (Å²) in [5, 5.41) is 2.68. The molecule has 0 bridgehead atoms. The minimum atomic E-state index is 1.24. The second kappa shape index (κ2) is 7.57. The highest BCUT2D eigenvalue weighted by Gasteiger charge is 2.21. The summed E-state index contributed by atoms with van der Waals surface area (Å²) in [6, 6.07) is 48.5. The Hall–Kier alpha value is -4.42. The van der Waals surface area contributed by atoms with E-state index in [0.717, 1.165) is 0 Å². The van der Waals surface area contributed by atoms with Crippen LogP contribution in [0.3, 0.4) is 0 Å². The number of fused-ring (bicyclic) bond motifs is 3. The first-order valence-electron chi connectivity index (χ1n) is 11.8. The van der Waals surface area contributed by atoms with Gasteiger partial charge in [-0.05, 0) is 90.7 Å². The van der Waals surface area contributed by atoms with Gasteiger partial charge >= 0.3 is 0 Å². The van der Waals surface area contributed by atoms with Crippen LogP contribution in [0.25, 0.3) is 66.4 Å². The van der Waals surface area contributed by atoms with Crippen molar-refractivity contribution < 1.29 is 0 Å². The molecule has 0 aromatic heterocycles. The van der Waals surface area contributed by atoms with Gasteiger partial charge in [0.2, 0.25) is 0 Å². The van der Waals surface area contributed by atoms with Gasteiger partial charge < -0.3 is 0 Å². The zero-order chi connectivity index (χ0) is 22.5. The molecule has 0 aliphatic heterocycles. The lowest BCUT2D eigenvalue weighted by atomic mass is 9.93. The van der Waals surface area contributed by atoms with Crippen molar-refractivity contribution in [1.82, 2.24) is 0 Å². The quantitative estimate of drug-likeness (QED) is 0.262. The highest BCUT2D eigenvalue weighted by molar-refractivity contribution is 6.16. The van der Waals surface area contributed by atoms with Crippen LogP contribution in [0.2, 0.25) is 0 Å². The summed E-state index contributed by atoms with van der Waals surface area (Å²) < 4.78 is 0. The van der Waals surface area contributed by atoms with Crippen molar-refractivity contribution in [3.05, 3.63) is 133 Å². The molecular formula is C34H22. The van der Waals surface area contributed by atoms with E-state index in [4.69, 9.17) is 0 Å². The maximum Gasteiger partial charge on any atom is -0.00259 e. The summed E-state index contributed by atoms with van der Waals surface area (Å²) in [5.41, 5.74) is 12.8. The van der Waals surface area contributed by atoms with Gasteiger partial charge in [-0.2, -0.15) is 0 Å². The molecule has 34 heavy (non-hydrogen) atoms. The minimum Gasteiger partial charge on any atom is -0.0622 e. The predicted molar refractivity (Wildman–Crippen MR) is 145 cm³/mol. The van der Waals surface area contributed by atoms with Crippen LogP contribution in [0, 0.1) is 0 Å². The number of hydrogen-bond donors (Lipinski definition) is 0. The summed E-state index contributed by atoms with van der Waals surface area (Å²) >= 11 is 0. The van der Waals surface area contributed by atoms with Crippen LogP contribution < -0.4 is 0 Å². The van der Waals surface area contributed by atoms with Gasteiger partial charge in [0.15, 0.2) is 0 Å². The third-order valence-corrected chi connectivity index (χ3v) is 6.98. The first-order valence-corrected chi connectivity index (χ1v) is 11.8. The van der Waals surface area contributed by atoms with E-state index in [1.54, 1.807) is 0 Å². The van der Waals surface area contributed by atoms with Crippen LogP contribution in [0.15, 0.2) is 133 Å². The molecule has 0 spiro atoms. The number of benzene rings is 6. The smallest absolute Gasteiger partial charge is 0.00259 e. The Morgan fingerprint density at radius 3 is 1.47 bits per heavy atom. The van der Waals surface area contributed by atoms with Crippen molar-refractivity contribution in [2.24, 2.45) is 0 Å². The van der Waals surface area contributed by atoms with Gasteiger partial charge in [-0.1, -0.05) is 109 Å². The molecule has 7 rings (SSSR count). The molecule has 1 aliphatic carbocycles. The van der Waals surface area contributed by atoms with Crippen LogP contribution >= 0.6 is 0 Å². The number of hydrogen-bond acceptors (Lipinski definition) is 0. The average Bonchev–Trinajstić information content (AvgIpc) is 3.24. The molecule has 0 heteroatoms. The normalized spacial score (nSPS) is 11.5. The zero-order valence-corrected chi connectivity index (χ0v) is 18.7. The van der Waals surface area contributed by atoms with Gasteiger partial charge in [0, 0.05) is 0 Å². The monoisotopic (exact) mass is 430 g/mol. The zero-order valence-electron chi connectivity index (χ0n) is 18.7. The SMILES string of the molecule is c1ccc(-c2cccc(-c3cccc(-c4cc5c6c(cccc6c4)-c4ccccc4-5)c3)c2)cc1. The average molecular weight is 431 g/mol. The summed E-state index contributed by atoms with van der Waals surface area (Å²) in [6.07, 6.45) is 0. The summed E-state index contributed by atoms with van der Waals surface area (Å²) in [7, 11) is 0. The van der Waals surface area contributed by atoms with Gasteiger partial charge in [0.25, 0.3) is 0 Å². The first-order chi connectivity index (χ1) is 16.8. The molecule has 0 atom stereocenters. The van der Waals surface area contributed by atoms with Crippen LogP contribution in [0.5, 0.6) is 0 Å². The van der Waals surface area contributed by atoms with Crippen molar-refractivity contribution in [3.63, 3.8) is 0 Å². The maximum atomic E-state index is 2.37. The van der Waals surface area contributed by atoms with E-state index in [1.165, 1.54) is 66.4 Å². The van der Waals surface area contributed by atoms with Gasteiger partial charge in [-0.3, -0.25) is 0 Å². The first kappa shape index (κ1) is 19.1. The lowest BCUT2D eigenvalue weighted by Gasteiger charge is -2.11. The molecule has 0 unspecified atom stereocenters. The third-order valence-electron chi connectivity index (χ3n) is 6.98. The highest BCUT2D eigenvalue weighted by atomic mass is 14.2. The number of rotatable bonds is 3. The summed E-state index contributed by atoms with van der Waals surface area (Å²) in [5.74, 6) is 0. The fraction of sp³-hybridized carbons (Fsp3) is 0. The molecule has 0 radical (unpaired) electrons. The minimum absolute atomic E-state index is 1.24. The topological polar surface area (TPSA) is 0 Å². The van der Waals surface area contributed by atoms with Crippen LogP contribution in [0.1, 0.15) is 0 Å². The fourth-order valence-corrected chi connectivity index (χ4v) is 5.37. The van der Waals surface area contributed by atoms with Gasteiger partial charge in [-0.25, -0.2) is 0 Å². The molecule has 6 aromatic carbocycles. The Morgan fingerprint density at radius 1 is 0.265 bits per heavy atom. The van der Waals surface area contributed by atoms with E-state index in [-0.39, 0.29) is 0 Å². The highest BCUT2D eigenvalue weighted by Crippen LogP contribution is 2.48. The van der Waals surface area contributed by atoms with E-state index >= 15 is 0 Å². The summed E-state index contributed by atoms with van der Waals surface area (Å²) in [6.45, 7) is 0. The van der Waals surface area contributed by atoms with E-state index in [1.807, 2.05) is 0 Å². The van der Waals surface area contributed by atoms with E-state index in [9.17, 15) is 0 Å². The molecule has 0 saturated carbocycles. The molecule has 158 valence electrons. The van der Waals surface area contributed by atoms with E-state index in [0.29, 0.717) is 0 Å². The second-order valence-corrected chi connectivity index (χ2v) is 9.00. The standard InChI is InChI=1S/C34H22/c1-2-9-23(10-3-1)24-11-6-12-25(19-24)26-13-7-14-27(20-26)29-21-28-15-8-18-32-30-16-4-5-17-31(30)33(22-29)34(28)32/h1-22H. The molecule has 0 fully saturated rings. The third kappa shape index (κ3) is 3.00. The van der Waals surface area contributed by atoms with Crippen LogP contribution in [-0.4, -0.2) is 0 Å². The molecule has 0 saturated heterocycles. The lowest BCUT2D eigenvalue weighted by molar-refractivity contribution is 1.58. The molecule has 6 aromatic rings.